The van der Waals surface area contributed by atoms with E-state index in [9.17, 15) is 4.79 Å². The van der Waals surface area contributed by atoms with Crippen molar-refractivity contribution in [2.24, 2.45) is 0 Å². The van der Waals surface area contributed by atoms with Crippen LogP contribution in [-0.2, 0) is 9.47 Å². The van der Waals surface area contributed by atoms with Crippen molar-refractivity contribution < 1.29 is 14.3 Å². The molecule has 1 amide bonds. The van der Waals surface area contributed by atoms with Gasteiger partial charge in [-0.2, -0.15) is 0 Å². The highest BCUT2D eigenvalue weighted by atomic mass is 16.5. The molecule has 1 unspecified atom stereocenters. The van der Waals surface area contributed by atoms with Gasteiger partial charge in [0.1, 0.15) is 0 Å². The quantitative estimate of drug-likeness (QED) is 0.145. The van der Waals surface area contributed by atoms with E-state index in [1.165, 1.54) is 96.2 Å². The Morgan fingerprint density at radius 3 is 1.79 bits per heavy atom. The Morgan fingerprint density at radius 1 is 0.793 bits per heavy atom. The Balaban J connectivity index is 3.27. The third kappa shape index (κ3) is 23.0. The second-order valence-corrected chi connectivity index (χ2v) is 8.31. The molecule has 4 nitrogen and oxygen atoms in total. The summed E-state index contributed by atoms with van der Waals surface area (Å²) in [6.45, 7) is 8.90. The first-order chi connectivity index (χ1) is 14.2. The van der Waals surface area contributed by atoms with Gasteiger partial charge in [-0.3, -0.25) is 0 Å². The Kier molecular flexibility index (Phi) is 22.1. The van der Waals surface area contributed by atoms with Crippen molar-refractivity contribution >= 4 is 6.09 Å². The number of carbonyl (C=O) groups excluding carboxylic acids is 1. The van der Waals surface area contributed by atoms with Crippen molar-refractivity contribution in [3.63, 3.8) is 0 Å². The molecule has 4 heteroatoms. The lowest BCUT2D eigenvalue weighted by molar-refractivity contribution is 0.136. The van der Waals surface area contributed by atoms with E-state index in [1.807, 2.05) is 0 Å². The predicted molar refractivity (Wildman–Crippen MR) is 124 cm³/mol. The molecule has 0 aliphatic heterocycles. The zero-order valence-corrected chi connectivity index (χ0v) is 19.5. The molecule has 0 aromatic carbocycles. The van der Waals surface area contributed by atoms with Crippen LogP contribution in [0, 0.1) is 0 Å². The maximum absolute atomic E-state index is 11.7. The highest BCUT2D eigenvalue weighted by Crippen LogP contribution is 2.13. The zero-order valence-electron chi connectivity index (χ0n) is 19.5. The van der Waals surface area contributed by atoms with Gasteiger partial charge in [0, 0.05) is 6.04 Å². The fourth-order valence-electron chi connectivity index (χ4n) is 3.50. The lowest BCUT2D eigenvalue weighted by Gasteiger charge is -2.14. The number of alkyl carbamates (subject to hydrolysis) is 1. The number of hydrogen-bond acceptors (Lipinski definition) is 3. The van der Waals surface area contributed by atoms with E-state index in [-0.39, 0.29) is 12.1 Å². The number of unbranched alkanes of at least 4 members (excludes halogenated alkanes) is 14. The van der Waals surface area contributed by atoms with Crippen LogP contribution in [0.1, 0.15) is 123 Å². The molecule has 172 valence electrons. The van der Waals surface area contributed by atoms with Crippen LogP contribution in [-0.4, -0.2) is 25.3 Å². The largest absolute Gasteiger partial charge is 0.502 e. The Labute approximate surface area is 181 Å². The topological polar surface area (TPSA) is 47.6 Å². The average molecular weight is 412 g/mol. The molecule has 0 saturated carbocycles. The summed E-state index contributed by atoms with van der Waals surface area (Å²) in [4.78, 5) is 11.7. The Hall–Kier alpha value is -1.19. The molecule has 29 heavy (non-hydrogen) atoms. The molecule has 0 bridgehead atoms. The molecule has 1 atom stereocenters. The van der Waals surface area contributed by atoms with Gasteiger partial charge in [-0.05, 0) is 26.2 Å². The monoisotopic (exact) mass is 411 g/mol. The van der Waals surface area contributed by atoms with Crippen LogP contribution in [0.25, 0.3) is 0 Å². The van der Waals surface area contributed by atoms with E-state index in [2.05, 4.69) is 25.7 Å². The summed E-state index contributed by atoms with van der Waals surface area (Å²) in [5.41, 5.74) is 0. The summed E-state index contributed by atoms with van der Waals surface area (Å²) in [6.07, 6.45) is 23.1. The smallest absolute Gasteiger partial charge is 0.407 e. The van der Waals surface area contributed by atoms with Crippen molar-refractivity contribution in [1.82, 2.24) is 5.32 Å². The Bertz CT molecular complexity index is 360. The van der Waals surface area contributed by atoms with Gasteiger partial charge in [-0.25, -0.2) is 4.79 Å². The van der Waals surface area contributed by atoms with Crippen molar-refractivity contribution in [3.8, 4) is 0 Å². The van der Waals surface area contributed by atoms with E-state index in [1.54, 1.807) is 0 Å². The fraction of sp³-hybridized carbons (Fsp3) is 0.880. The van der Waals surface area contributed by atoms with E-state index >= 15 is 0 Å². The standard InChI is InChI=1S/C25H49NO3/c1-4-6-7-8-9-10-11-12-13-14-15-16-17-18-21-24(3)26-25(27)29-23-20-19-22-28-5-2/h5,24H,2,4,6-23H2,1,3H3,(H,26,27). The number of carbonyl (C=O) groups is 1. The normalized spacial score (nSPS) is 11.8. The predicted octanol–water partition coefficient (Wildman–Crippen LogP) is 7.91. The first-order valence-corrected chi connectivity index (χ1v) is 12.4. The summed E-state index contributed by atoms with van der Waals surface area (Å²) in [6, 6.07) is 0.184. The number of rotatable bonds is 22. The van der Waals surface area contributed by atoms with Crippen LogP contribution in [0.15, 0.2) is 12.8 Å². The molecular weight excluding hydrogens is 362 g/mol. The molecule has 1 N–H and O–H groups in total. The maximum atomic E-state index is 11.7. The minimum absolute atomic E-state index is 0.184. The summed E-state index contributed by atoms with van der Waals surface area (Å²) < 4.78 is 10.2. The first-order valence-electron chi connectivity index (χ1n) is 12.4. The molecule has 0 aromatic heterocycles. The van der Waals surface area contributed by atoms with E-state index in [4.69, 9.17) is 9.47 Å². The fourth-order valence-corrected chi connectivity index (χ4v) is 3.50. The van der Waals surface area contributed by atoms with Gasteiger partial charge in [-0.15, -0.1) is 0 Å². The third-order valence-corrected chi connectivity index (χ3v) is 5.36. The summed E-state index contributed by atoms with van der Waals surface area (Å²) >= 11 is 0. The minimum atomic E-state index is -0.299. The number of amides is 1. The molecule has 0 aromatic rings. The van der Waals surface area contributed by atoms with Crippen molar-refractivity contribution in [2.75, 3.05) is 13.2 Å². The third-order valence-electron chi connectivity index (χ3n) is 5.36. The van der Waals surface area contributed by atoms with Gasteiger partial charge in [0.2, 0.25) is 0 Å². The van der Waals surface area contributed by atoms with Crippen LogP contribution in [0.5, 0.6) is 0 Å². The van der Waals surface area contributed by atoms with Gasteiger partial charge in [0.25, 0.3) is 0 Å². The Morgan fingerprint density at radius 2 is 1.28 bits per heavy atom. The van der Waals surface area contributed by atoms with E-state index in [0.29, 0.717) is 13.2 Å². The van der Waals surface area contributed by atoms with Crippen LogP contribution < -0.4 is 5.32 Å². The number of ether oxygens (including phenoxy) is 2. The van der Waals surface area contributed by atoms with Crippen molar-refractivity contribution in [2.45, 2.75) is 129 Å². The average Bonchev–Trinajstić information content (AvgIpc) is 2.70. The van der Waals surface area contributed by atoms with Crippen LogP contribution >= 0.6 is 0 Å². The first kappa shape index (κ1) is 27.8. The minimum Gasteiger partial charge on any atom is -0.502 e. The molecule has 0 radical (unpaired) electrons. The van der Waals surface area contributed by atoms with E-state index in [0.717, 1.165) is 19.3 Å². The highest BCUT2D eigenvalue weighted by Gasteiger charge is 2.07. The lowest BCUT2D eigenvalue weighted by Crippen LogP contribution is -2.33. The van der Waals surface area contributed by atoms with Gasteiger partial charge in [0.15, 0.2) is 0 Å². The van der Waals surface area contributed by atoms with Crippen molar-refractivity contribution in [3.05, 3.63) is 12.8 Å². The van der Waals surface area contributed by atoms with E-state index < -0.39 is 0 Å². The second kappa shape index (κ2) is 23.1. The zero-order chi connectivity index (χ0) is 21.4. The molecule has 0 rings (SSSR count). The SMILES string of the molecule is C=COCCCCOC(=O)NC(C)CCCCCCCCCCCCCCCC. The maximum Gasteiger partial charge on any atom is 0.407 e. The summed E-state index contributed by atoms with van der Waals surface area (Å²) in [5, 5.41) is 2.92. The molecule has 0 aliphatic carbocycles. The summed E-state index contributed by atoms with van der Waals surface area (Å²) in [7, 11) is 0. The molecule has 0 spiro atoms. The van der Waals surface area contributed by atoms with Crippen LogP contribution in [0.3, 0.4) is 0 Å². The number of hydrogen-bond donors (Lipinski definition) is 1. The van der Waals surface area contributed by atoms with Gasteiger partial charge in [0.05, 0.1) is 19.5 Å². The molecular formula is C25H49NO3. The van der Waals surface area contributed by atoms with Crippen LogP contribution in [0.2, 0.25) is 0 Å². The van der Waals surface area contributed by atoms with Crippen molar-refractivity contribution in [1.29, 1.82) is 0 Å². The molecule has 0 saturated heterocycles. The van der Waals surface area contributed by atoms with Gasteiger partial charge in [-0.1, -0.05) is 103 Å². The lowest BCUT2D eigenvalue weighted by atomic mass is 10.0. The van der Waals surface area contributed by atoms with Crippen LogP contribution in [0.4, 0.5) is 4.79 Å². The number of nitrogens with one attached hydrogen (secondary N) is 1. The van der Waals surface area contributed by atoms with Gasteiger partial charge >= 0.3 is 6.09 Å². The second-order valence-electron chi connectivity index (χ2n) is 8.31. The molecule has 0 heterocycles. The molecule has 0 fully saturated rings. The molecule has 0 aliphatic rings. The van der Waals surface area contributed by atoms with Gasteiger partial charge < -0.3 is 14.8 Å². The highest BCUT2D eigenvalue weighted by molar-refractivity contribution is 5.67. The summed E-state index contributed by atoms with van der Waals surface area (Å²) in [5.74, 6) is 0.